The maximum absolute atomic E-state index is 12.8. The predicted molar refractivity (Wildman–Crippen MR) is 90.5 cm³/mol. The summed E-state index contributed by atoms with van der Waals surface area (Å²) in [6.07, 6.45) is 1.60. The molecule has 2 heterocycles. The van der Waals surface area contributed by atoms with Gasteiger partial charge in [-0.2, -0.15) is 0 Å². The van der Waals surface area contributed by atoms with E-state index in [1.165, 1.54) is 17.0 Å². The zero-order chi connectivity index (χ0) is 17.1. The number of rotatable bonds is 5. The van der Waals surface area contributed by atoms with E-state index in [1.807, 2.05) is 6.92 Å². The molecule has 1 aliphatic heterocycles. The highest BCUT2D eigenvalue weighted by molar-refractivity contribution is 7.80. The number of amides is 1. The monoisotopic (exact) mass is 346 g/mol. The second-order valence-corrected chi connectivity index (χ2v) is 5.47. The number of nitrogens with zero attached hydrogens (tertiary/aromatic N) is 1. The van der Waals surface area contributed by atoms with Crippen LogP contribution in [-0.2, 0) is 11.4 Å². The molecule has 1 saturated heterocycles. The Kier molecular flexibility index (Phi) is 4.61. The molecule has 2 aromatic rings. The number of carbonyl (C=O) groups excluding carboxylic acids is 1. The Hall–Kier alpha value is -2.67. The molecule has 1 amide bonds. The summed E-state index contributed by atoms with van der Waals surface area (Å²) in [6, 6.07) is 9.24. The van der Waals surface area contributed by atoms with Gasteiger partial charge in [0.15, 0.2) is 5.11 Å². The predicted octanol–water partition coefficient (Wildman–Crippen LogP) is 3.08. The standard InChI is InChI=1S/C17H15FN2O3S/c1-2-20-16(21)15(19-17(20)24)9-13-7-8-14(23-13)10-22-12-5-3-11(18)4-6-12/h3-9H,2,10H2,1H3,(H,19,24)/b15-9+. The van der Waals surface area contributed by atoms with Gasteiger partial charge >= 0.3 is 0 Å². The summed E-state index contributed by atoms with van der Waals surface area (Å²) in [6.45, 7) is 2.57. The number of ether oxygens (including phenoxy) is 1. The van der Waals surface area contributed by atoms with Crippen LogP contribution in [0.1, 0.15) is 18.4 Å². The van der Waals surface area contributed by atoms with Crippen LogP contribution in [0.25, 0.3) is 6.08 Å². The summed E-state index contributed by atoms with van der Waals surface area (Å²) in [5.41, 5.74) is 0.377. The van der Waals surface area contributed by atoms with Crippen molar-refractivity contribution in [1.82, 2.24) is 10.2 Å². The number of benzene rings is 1. The van der Waals surface area contributed by atoms with Crippen LogP contribution in [0.2, 0.25) is 0 Å². The summed E-state index contributed by atoms with van der Waals surface area (Å²) in [5.74, 6) is 1.16. The first-order valence-electron chi connectivity index (χ1n) is 7.38. The van der Waals surface area contributed by atoms with Crippen molar-refractivity contribution in [3.05, 3.63) is 59.4 Å². The normalized spacial score (nSPS) is 15.9. The third-order valence-electron chi connectivity index (χ3n) is 3.44. The first kappa shape index (κ1) is 16.2. The molecule has 0 unspecified atom stereocenters. The van der Waals surface area contributed by atoms with Gasteiger partial charge < -0.3 is 14.5 Å². The van der Waals surface area contributed by atoms with Crippen LogP contribution in [0.3, 0.4) is 0 Å². The quantitative estimate of drug-likeness (QED) is 0.666. The van der Waals surface area contributed by atoms with Crippen LogP contribution < -0.4 is 10.1 Å². The fraction of sp³-hybridized carbons (Fsp3) is 0.176. The van der Waals surface area contributed by atoms with Crippen molar-refractivity contribution >= 4 is 29.3 Å². The molecule has 0 spiro atoms. The van der Waals surface area contributed by atoms with Gasteiger partial charge in [0, 0.05) is 12.6 Å². The molecule has 0 radical (unpaired) electrons. The summed E-state index contributed by atoms with van der Waals surface area (Å²) in [7, 11) is 0. The first-order valence-corrected chi connectivity index (χ1v) is 7.79. The Morgan fingerprint density at radius 1 is 1.29 bits per heavy atom. The number of nitrogens with one attached hydrogen (secondary N) is 1. The summed E-state index contributed by atoms with van der Waals surface area (Å²) in [5, 5.41) is 3.26. The van der Waals surface area contributed by atoms with E-state index < -0.39 is 0 Å². The lowest BCUT2D eigenvalue weighted by Gasteiger charge is -2.08. The van der Waals surface area contributed by atoms with Crippen molar-refractivity contribution in [2.45, 2.75) is 13.5 Å². The zero-order valence-electron chi connectivity index (χ0n) is 12.9. The largest absolute Gasteiger partial charge is 0.486 e. The van der Waals surface area contributed by atoms with Crippen LogP contribution in [0.5, 0.6) is 5.75 Å². The van der Waals surface area contributed by atoms with Crippen molar-refractivity contribution in [2.75, 3.05) is 6.54 Å². The van der Waals surface area contributed by atoms with Crippen LogP contribution >= 0.6 is 12.2 Å². The molecule has 24 heavy (non-hydrogen) atoms. The zero-order valence-corrected chi connectivity index (χ0v) is 13.7. The molecular formula is C17H15FN2O3S. The number of hydrogen-bond acceptors (Lipinski definition) is 4. The molecule has 1 N–H and O–H groups in total. The average Bonchev–Trinajstić information content (AvgIpc) is 3.12. The molecule has 1 aromatic heterocycles. The Balaban J connectivity index is 1.65. The minimum Gasteiger partial charge on any atom is -0.486 e. The highest BCUT2D eigenvalue weighted by Gasteiger charge is 2.29. The molecule has 5 nitrogen and oxygen atoms in total. The Morgan fingerprint density at radius 3 is 2.71 bits per heavy atom. The Bertz CT molecular complexity index is 798. The molecule has 0 aliphatic carbocycles. The average molecular weight is 346 g/mol. The maximum Gasteiger partial charge on any atom is 0.276 e. The first-order chi connectivity index (χ1) is 11.6. The summed E-state index contributed by atoms with van der Waals surface area (Å²) < 4.78 is 24.0. The lowest BCUT2D eigenvalue weighted by atomic mass is 10.3. The molecule has 124 valence electrons. The van der Waals surface area contributed by atoms with Crippen molar-refractivity contribution in [3.8, 4) is 5.75 Å². The third-order valence-corrected chi connectivity index (χ3v) is 3.76. The maximum atomic E-state index is 12.8. The Morgan fingerprint density at radius 2 is 2.04 bits per heavy atom. The second kappa shape index (κ2) is 6.84. The van der Waals surface area contributed by atoms with E-state index in [1.54, 1.807) is 30.3 Å². The lowest BCUT2D eigenvalue weighted by Crippen LogP contribution is -2.30. The van der Waals surface area contributed by atoms with Gasteiger partial charge in [-0.25, -0.2) is 4.39 Å². The fourth-order valence-electron chi connectivity index (χ4n) is 2.24. The van der Waals surface area contributed by atoms with Crippen molar-refractivity contribution in [3.63, 3.8) is 0 Å². The van der Waals surface area contributed by atoms with Gasteiger partial charge in [0.05, 0.1) is 0 Å². The minimum absolute atomic E-state index is 0.178. The lowest BCUT2D eigenvalue weighted by molar-refractivity contribution is -0.122. The molecule has 0 bridgehead atoms. The smallest absolute Gasteiger partial charge is 0.276 e. The highest BCUT2D eigenvalue weighted by Crippen LogP contribution is 2.18. The van der Waals surface area contributed by atoms with Gasteiger partial charge in [-0.05, 0) is 55.5 Å². The minimum atomic E-state index is -0.318. The third kappa shape index (κ3) is 3.46. The molecular weight excluding hydrogens is 331 g/mol. The number of carbonyl (C=O) groups is 1. The second-order valence-electron chi connectivity index (χ2n) is 5.08. The molecule has 3 rings (SSSR count). The number of halogens is 1. The summed E-state index contributed by atoms with van der Waals surface area (Å²) in [4.78, 5) is 13.6. The van der Waals surface area contributed by atoms with E-state index in [0.717, 1.165) is 0 Å². The van der Waals surface area contributed by atoms with E-state index in [-0.39, 0.29) is 18.3 Å². The van der Waals surface area contributed by atoms with E-state index in [0.29, 0.717) is 34.6 Å². The van der Waals surface area contributed by atoms with Gasteiger partial charge in [-0.15, -0.1) is 0 Å². The highest BCUT2D eigenvalue weighted by atomic mass is 32.1. The van der Waals surface area contributed by atoms with Crippen LogP contribution in [0, 0.1) is 5.82 Å². The van der Waals surface area contributed by atoms with Gasteiger partial charge in [0.1, 0.15) is 35.4 Å². The number of furan rings is 1. The molecule has 1 aromatic carbocycles. The number of hydrogen-bond donors (Lipinski definition) is 1. The van der Waals surface area contributed by atoms with Gasteiger partial charge in [-0.1, -0.05) is 0 Å². The van der Waals surface area contributed by atoms with E-state index in [2.05, 4.69) is 5.32 Å². The van der Waals surface area contributed by atoms with Crippen molar-refractivity contribution in [2.24, 2.45) is 0 Å². The topological polar surface area (TPSA) is 54.7 Å². The summed E-state index contributed by atoms with van der Waals surface area (Å²) >= 11 is 5.10. The van der Waals surface area contributed by atoms with E-state index in [4.69, 9.17) is 21.4 Å². The SMILES string of the molecule is CCN1C(=O)/C(=C\c2ccc(COc3ccc(F)cc3)o2)NC1=S. The molecule has 0 saturated carbocycles. The molecule has 1 aliphatic rings. The van der Waals surface area contributed by atoms with Crippen LogP contribution in [0.15, 0.2) is 46.5 Å². The van der Waals surface area contributed by atoms with Crippen LogP contribution in [0.4, 0.5) is 4.39 Å². The van der Waals surface area contributed by atoms with E-state index in [9.17, 15) is 9.18 Å². The number of thiocarbonyl (C=S) groups is 1. The Labute approximate surface area is 143 Å². The molecule has 0 atom stereocenters. The fourth-order valence-corrected chi connectivity index (χ4v) is 2.56. The molecule has 1 fully saturated rings. The van der Waals surface area contributed by atoms with Crippen molar-refractivity contribution in [1.29, 1.82) is 0 Å². The van der Waals surface area contributed by atoms with Gasteiger partial charge in [-0.3, -0.25) is 9.69 Å². The van der Waals surface area contributed by atoms with Crippen molar-refractivity contribution < 1.29 is 18.3 Å². The number of likely N-dealkylation sites (N-methyl/N-ethyl adjacent to an activating group) is 1. The van der Waals surface area contributed by atoms with E-state index >= 15 is 0 Å². The molecule has 7 heteroatoms. The van der Waals surface area contributed by atoms with Crippen LogP contribution in [-0.4, -0.2) is 22.5 Å². The van der Waals surface area contributed by atoms with Gasteiger partial charge in [0.2, 0.25) is 0 Å². The van der Waals surface area contributed by atoms with Gasteiger partial charge in [0.25, 0.3) is 5.91 Å².